The SMILES string of the molecule is CC(CNC1(C)CCOCC1)c1ccccc1. The molecule has 0 radical (unpaired) electrons. The summed E-state index contributed by atoms with van der Waals surface area (Å²) in [7, 11) is 0. The zero-order chi connectivity index (χ0) is 12.1. The third kappa shape index (κ3) is 3.55. The molecule has 0 bridgehead atoms. The third-order valence-electron chi connectivity index (χ3n) is 3.80. The molecule has 2 heteroatoms. The number of ether oxygens (including phenoxy) is 1. The zero-order valence-corrected chi connectivity index (χ0v) is 10.9. The van der Waals surface area contributed by atoms with Crippen LogP contribution in [0.2, 0.25) is 0 Å². The molecule has 94 valence electrons. The molecule has 0 aromatic heterocycles. The minimum absolute atomic E-state index is 0.265. The molecule has 2 nitrogen and oxygen atoms in total. The lowest BCUT2D eigenvalue weighted by atomic mass is 9.91. The number of benzene rings is 1. The van der Waals surface area contributed by atoms with E-state index in [-0.39, 0.29) is 5.54 Å². The number of rotatable bonds is 4. The van der Waals surface area contributed by atoms with Crippen LogP contribution in [-0.4, -0.2) is 25.3 Å². The van der Waals surface area contributed by atoms with Gasteiger partial charge in [0.2, 0.25) is 0 Å². The first-order chi connectivity index (χ1) is 8.20. The molecule has 1 saturated heterocycles. The van der Waals surface area contributed by atoms with Gasteiger partial charge in [-0.2, -0.15) is 0 Å². The lowest BCUT2D eigenvalue weighted by Crippen LogP contribution is -2.47. The minimum atomic E-state index is 0.265. The Balaban J connectivity index is 1.85. The fourth-order valence-electron chi connectivity index (χ4n) is 2.30. The molecule has 1 aromatic carbocycles. The van der Waals surface area contributed by atoms with Gasteiger partial charge in [-0.1, -0.05) is 37.3 Å². The maximum atomic E-state index is 5.42. The van der Waals surface area contributed by atoms with Crippen molar-refractivity contribution in [2.24, 2.45) is 0 Å². The summed E-state index contributed by atoms with van der Waals surface area (Å²) in [6.07, 6.45) is 2.24. The van der Waals surface area contributed by atoms with Gasteiger partial charge in [-0.3, -0.25) is 0 Å². The monoisotopic (exact) mass is 233 g/mol. The third-order valence-corrected chi connectivity index (χ3v) is 3.80. The Hall–Kier alpha value is -0.860. The van der Waals surface area contributed by atoms with E-state index in [9.17, 15) is 0 Å². The van der Waals surface area contributed by atoms with E-state index in [0.29, 0.717) is 5.92 Å². The van der Waals surface area contributed by atoms with Crippen LogP contribution in [0.5, 0.6) is 0 Å². The zero-order valence-electron chi connectivity index (χ0n) is 10.9. The van der Waals surface area contributed by atoms with Gasteiger partial charge < -0.3 is 10.1 Å². The van der Waals surface area contributed by atoms with Crippen molar-refractivity contribution in [2.75, 3.05) is 19.8 Å². The highest BCUT2D eigenvalue weighted by Gasteiger charge is 2.26. The molecule has 1 heterocycles. The van der Waals surface area contributed by atoms with E-state index in [1.165, 1.54) is 5.56 Å². The first kappa shape index (κ1) is 12.6. The number of nitrogens with one attached hydrogen (secondary N) is 1. The second-order valence-corrected chi connectivity index (χ2v) is 5.37. The van der Waals surface area contributed by atoms with Gasteiger partial charge in [0, 0.05) is 25.3 Å². The van der Waals surface area contributed by atoms with Crippen LogP contribution in [-0.2, 0) is 4.74 Å². The Morgan fingerprint density at radius 1 is 1.24 bits per heavy atom. The van der Waals surface area contributed by atoms with Crippen LogP contribution in [0.4, 0.5) is 0 Å². The standard InChI is InChI=1S/C15H23NO/c1-13(14-6-4-3-5-7-14)12-16-15(2)8-10-17-11-9-15/h3-7,13,16H,8-12H2,1-2H3. The Bertz CT molecular complexity index is 330. The summed E-state index contributed by atoms with van der Waals surface area (Å²) in [5, 5.41) is 3.72. The predicted molar refractivity (Wildman–Crippen MR) is 71.3 cm³/mol. The Morgan fingerprint density at radius 3 is 2.53 bits per heavy atom. The van der Waals surface area contributed by atoms with E-state index >= 15 is 0 Å². The van der Waals surface area contributed by atoms with Gasteiger partial charge in [0.25, 0.3) is 0 Å². The number of hydrogen-bond donors (Lipinski definition) is 1. The van der Waals surface area contributed by atoms with E-state index < -0.39 is 0 Å². The molecule has 1 aliphatic heterocycles. The summed E-state index contributed by atoms with van der Waals surface area (Å²) < 4.78 is 5.42. The van der Waals surface area contributed by atoms with Crippen molar-refractivity contribution in [1.82, 2.24) is 5.32 Å². The van der Waals surface area contributed by atoms with Crippen LogP contribution < -0.4 is 5.32 Å². The maximum absolute atomic E-state index is 5.42. The fraction of sp³-hybridized carbons (Fsp3) is 0.600. The molecule has 1 aromatic rings. The quantitative estimate of drug-likeness (QED) is 0.863. The average Bonchev–Trinajstić information content (AvgIpc) is 2.38. The second-order valence-electron chi connectivity index (χ2n) is 5.37. The topological polar surface area (TPSA) is 21.3 Å². The summed E-state index contributed by atoms with van der Waals surface area (Å²) in [4.78, 5) is 0. The lowest BCUT2D eigenvalue weighted by Gasteiger charge is -2.35. The van der Waals surface area contributed by atoms with Gasteiger partial charge in [0.15, 0.2) is 0 Å². The van der Waals surface area contributed by atoms with E-state index in [2.05, 4.69) is 49.5 Å². The largest absolute Gasteiger partial charge is 0.381 e. The van der Waals surface area contributed by atoms with E-state index in [1.54, 1.807) is 0 Å². The Kier molecular flexibility index (Phi) is 4.19. The summed E-state index contributed by atoms with van der Waals surface area (Å²) in [5.41, 5.74) is 1.68. The van der Waals surface area contributed by atoms with Gasteiger partial charge in [-0.25, -0.2) is 0 Å². The van der Waals surface area contributed by atoms with E-state index in [1.807, 2.05) is 0 Å². The van der Waals surface area contributed by atoms with Crippen LogP contribution in [0, 0.1) is 0 Å². The number of hydrogen-bond acceptors (Lipinski definition) is 2. The molecular formula is C15H23NO. The van der Waals surface area contributed by atoms with Crippen LogP contribution in [0.1, 0.15) is 38.2 Å². The first-order valence-corrected chi connectivity index (χ1v) is 6.57. The summed E-state index contributed by atoms with van der Waals surface area (Å²) in [5.74, 6) is 0.566. The average molecular weight is 233 g/mol. The fourth-order valence-corrected chi connectivity index (χ4v) is 2.30. The molecule has 1 aliphatic rings. The summed E-state index contributed by atoms with van der Waals surface area (Å²) in [6, 6.07) is 10.7. The van der Waals surface area contributed by atoms with Crippen molar-refractivity contribution in [3.63, 3.8) is 0 Å². The molecule has 0 spiro atoms. The van der Waals surface area contributed by atoms with Crippen molar-refractivity contribution in [3.05, 3.63) is 35.9 Å². The van der Waals surface area contributed by atoms with Crippen molar-refractivity contribution in [3.8, 4) is 0 Å². The summed E-state index contributed by atoms with van der Waals surface area (Å²) >= 11 is 0. The predicted octanol–water partition coefficient (Wildman–Crippen LogP) is 2.95. The van der Waals surface area contributed by atoms with Crippen LogP contribution >= 0.6 is 0 Å². The van der Waals surface area contributed by atoms with Gasteiger partial charge >= 0.3 is 0 Å². The van der Waals surface area contributed by atoms with Crippen molar-refractivity contribution >= 4 is 0 Å². The van der Waals surface area contributed by atoms with E-state index in [4.69, 9.17) is 4.74 Å². The van der Waals surface area contributed by atoms with Gasteiger partial charge in [0.05, 0.1) is 0 Å². The normalized spacial score (nSPS) is 21.1. The lowest BCUT2D eigenvalue weighted by molar-refractivity contribution is 0.0449. The van der Waals surface area contributed by atoms with Gasteiger partial charge in [-0.15, -0.1) is 0 Å². The van der Waals surface area contributed by atoms with Crippen molar-refractivity contribution in [1.29, 1.82) is 0 Å². The first-order valence-electron chi connectivity index (χ1n) is 6.57. The molecule has 0 saturated carbocycles. The van der Waals surface area contributed by atoms with E-state index in [0.717, 1.165) is 32.6 Å². The van der Waals surface area contributed by atoms with Crippen molar-refractivity contribution < 1.29 is 4.74 Å². The molecule has 1 atom stereocenters. The van der Waals surface area contributed by atoms with Gasteiger partial charge in [0.1, 0.15) is 0 Å². The molecule has 2 rings (SSSR count). The Morgan fingerprint density at radius 2 is 1.88 bits per heavy atom. The minimum Gasteiger partial charge on any atom is -0.381 e. The summed E-state index contributed by atoms with van der Waals surface area (Å²) in [6.45, 7) is 7.42. The molecule has 1 unspecified atom stereocenters. The highest BCUT2D eigenvalue weighted by molar-refractivity contribution is 5.19. The van der Waals surface area contributed by atoms with Crippen LogP contribution in [0.3, 0.4) is 0 Å². The van der Waals surface area contributed by atoms with Crippen LogP contribution in [0.15, 0.2) is 30.3 Å². The highest BCUT2D eigenvalue weighted by Crippen LogP contribution is 2.21. The molecule has 17 heavy (non-hydrogen) atoms. The van der Waals surface area contributed by atoms with Crippen molar-refractivity contribution in [2.45, 2.75) is 38.1 Å². The highest BCUT2D eigenvalue weighted by atomic mass is 16.5. The molecule has 0 aliphatic carbocycles. The Labute approximate surface area is 104 Å². The molecule has 1 N–H and O–H groups in total. The van der Waals surface area contributed by atoms with Gasteiger partial charge in [-0.05, 0) is 31.2 Å². The smallest absolute Gasteiger partial charge is 0.0483 e. The molecule has 0 amide bonds. The maximum Gasteiger partial charge on any atom is 0.0483 e. The van der Waals surface area contributed by atoms with Crippen LogP contribution in [0.25, 0.3) is 0 Å². The molecule has 1 fully saturated rings. The second kappa shape index (κ2) is 5.65. The molecular weight excluding hydrogens is 210 g/mol.